The van der Waals surface area contributed by atoms with Crippen LogP contribution in [-0.2, 0) is 6.54 Å². The summed E-state index contributed by atoms with van der Waals surface area (Å²) in [6.45, 7) is 0.995. The second-order valence-electron chi connectivity index (χ2n) is 5.15. The number of amides is 1. The number of hydrogen-bond acceptors (Lipinski definition) is 4. The van der Waals surface area contributed by atoms with Crippen LogP contribution in [0.2, 0.25) is 0 Å². The number of non-ortho nitro benzene ring substituents is 1. The van der Waals surface area contributed by atoms with E-state index in [1.54, 1.807) is 16.8 Å². The molecule has 0 bridgehead atoms. The lowest BCUT2D eigenvalue weighted by atomic mass is 10.2. The van der Waals surface area contributed by atoms with E-state index in [0.29, 0.717) is 19.5 Å². The van der Waals surface area contributed by atoms with Gasteiger partial charge in [0.15, 0.2) is 0 Å². The van der Waals surface area contributed by atoms with Crippen molar-refractivity contribution in [1.82, 2.24) is 9.88 Å². The van der Waals surface area contributed by atoms with Crippen molar-refractivity contribution in [3.63, 3.8) is 0 Å². The van der Waals surface area contributed by atoms with Gasteiger partial charge in [-0.1, -0.05) is 6.07 Å². The Morgan fingerprint density at radius 1 is 1.25 bits per heavy atom. The van der Waals surface area contributed by atoms with E-state index in [-0.39, 0.29) is 22.7 Å². The molecule has 0 saturated heterocycles. The number of nitrogens with zero attached hydrogens (tertiary/aromatic N) is 2. The highest BCUT2D eigenvalue weighted by Gasteiger charge is 2.10. The fourth-order valence-electron chi connectivity index (χ4n) is 2.15. The summed E-state index contributed by atoms with van der Waals surface area (Å²) in [5.41, 5.74) is 0.0721. The lowest BCUT2D eigenvalue weighted by Gasteiger charge is -2.07. The molecule has 7 nitrogen and oxygen atoms in total. The maximum Gasteiger partial charge on any atom is 0.270 e. The third-order valence-electron chi connectivity index (χ3n) is 3.38. The zero-order valence-corrected chi connectivity index (χ0v) is 14.4. The zero-order chi connectivity index (χ0) is 17.5. The number of aryl methyl sites for hydroxylation is 1. The number of halogens is 1. The van der Waals surface area contributed by atoms with Gasteiger partial charge in [-0.15, -0.1) is 0 Å². The van der Waals surface area contributed by atoms with Crippen LogP contribution in [0.3, 0.4) is 0 Å². The molecule has 1 amide bonds. The molecular formula is C16H16BrN3O4. The SMILES string of the molecule is O=C(NCCCCn1cc(Br)ccc1=O)c1cccc([N+](=O)[O-])c1. The van der Waals surface area contributed by atoms with Crippen molar-refractivity contribution in [3.05, 3.63) is 73.1 Å². The molecule has 0 aliphatic rings. The summed E-state index contributed by atoms with van der Waals surface area (Å²) in [6.07, 6.45) is 3.15. The summed E-state index contributed by atoms with van der Waals surface area (Å²) in [4.78, 5) is 33.8. The first-order chi connectivity index (χ1) is 11.5. The summed E-state index contributed by atoms with van der Waals surface area (Å²) >= 11 is 3.32. The van der Waals surface area contributed by atoms with E-state index in [0.717, 1.165) is 10.9 Å². The van der Waals surface area contributed by atoms with Crippen LogP contribution in [0.4, 0.5) is 5.69 Å². The van der Waals surface area contributed by atoms with Gasteiger partial charge in [0.25, 0.3) is 17.2 Å². The van der Waals surface area contributed by atoms with Gasteiger partial charge in [-0.25, -0.2) is 0 Å². The van der Waals surface area contributed by atoms with Gasteiger partial charge in [-0.05, 0) is 40.9 Å². The van der Waals surface area contributed by atoms with Crippen LogP contribution in [0, 0.1) is 10.1 Å². The normalized spacial score (nSPS) is 10.4. The van der Waals surface area contributed by atoms with E-state index in [4.69, 9.17) is 0 Å². The number of nitrogens with one attached hydrogen (secondary N) is 1. The Morgan fingerprint density at radius 3 is 2.79 bits per heavy atom. The lowest BCUT2D eigenvalue weighted by molar-refractivity contribution is -0.384. The minimum Gasteiger partial charge on any atom is -0.352 e. The average molecular weight is 394 g/mol. The summed E-state index contributed by atoms with van der Waals surface area (Å²) in [5.74, 6) is -0.349. The molecule has 1 aromatic carbocycles. The van der Waals surface area contributed by atoms with Crippen LogP contribution < -0.4 is 10.9 Å². The number of hydrogen-bond donors (Lipinski definition) is 1. The number of carbonyl (C=O) groups is 1. The number of carbonyl (C=O) groups excluding carboxylic acids is 1. The van der Waals surface area contributed by atoms with Crippen molar-refractivity contribution < 1.29 is 9.72 Å². The van der Waals surface area contributed by atoms with Crippen molar-refractivity contribution in [2.75, 3.05) is 6.54 Å². The number of pyridine rings is 1. The van der Waals surface area contributed by atoms with Crippen LogP contribution in [0.25, 0.3) is 0 Å². The molecule has 0 atom stereocenters. The third kappa shape index (κ3) is 5.02. The van der Waals surface area contributed by atoms with Crippen LogP contribution in [0.1, 0.15) is 23.2 Å². The second-order valence-corrected chi connectivity index (χ2v) is 6.07. The number of benzene rings is 1. The summed E-state index contributed by atoms with van der Waals surface area (Å²) < 4.78 is 2.44. The molecule has 1 N–H and O–H groups in total. The van der Waals surface area contributed by atoms with Crippen molar-refractivity contribution in [2.24, 2.45) is 0 Å². The van der Waals surface area contributed by atoms with Gasteiger partial charge in [0.2, 0.25) is 0 Å². The summed E-state index contributed by atoms with van der Waals surface area (Å²) in [7, 11) is 0. The topological polar surface area (TPSA) is 94.2 Å². The second kappa shape index (κ2) is 8.39. The molecule has 2 aromatic rings. The highest BCUT2D eigenvalue weighted by atomic mass is 79.9. The van der Waals surface area contributed by atoms with E-state index in [1.165, 1.54) is 30.3 Å². The van der Waals surface area contributed by atoms with Crippen LogP contribution in [0.15, 0.2) is 51.9 Å². The molecule has 0 aliphatic carbocycles. The fraction of sp³-hybridized carbons (Fsp3) is 0.250. The monoisotopic (exact) mass is 393 g/mol. The molecule has 1 heterocycles. The lowest BCUT2D eigenvalue weighted by Crippen LogP contribution is -2.25. The Bertz CT molecular complexity index is 804. The summed E-state index contributed by atoms with van der Waals surface area (Å²) in [6, 6.07) is 8.78. The largest absolute Gasteiger partial charge is 0.352 e. The first-order valence-corrected chi connectivity index (χ1v) is 8.15. The van der Waals surface area contributed by atoms with Gasteiger partial charge >= 0.3 is 0 Å². The molecule has 0 radical (unpaired) electrons. The zero-order valence-electron chi connectivity index (χ0n) is 12.8. The Labute approximate surface area is 146 Å². The Balaban J connectivity index is 1.79. The van der Waals surface area contributed by atoms with Crippen LogP contribution in [-0.4, -0.2) is 21.9 Å². The van der Waals surface area contributed by atoms with Gasteiger partial charge < -0.3 is 9.88 Å². The average Bonchev–Trinajstić information content (AvgIpc) is 2.57. The van der Waals surface area contributed by atoms with Gasteiger partial charge in [-0.3, -0.25) is 19.7 Å². The quantitative estimate of drug-likeness (QED) is 0.444. The van der Waals surface area contributed by atoms with Gasteiger partial charge in [0, 0.05) is 47.5 Å². The molecule has 24 heavy (non-hydrogen) atoms. The number of rotatable bonds is 7. The Hall–Kier alpha value is -2.48. The highest BCUT2D eigenvalue weighted by Crippen LogP contribution is 2.12. The molecule has 0 saturated carbocycles. The number of aromatic nitrogens is 1. The molecule has 0 unspecified atom stereocenters. The van der Waals surface area contributed by atoms with Crippen molar-refractivity contribution in [1.29, 1.82) is 0 Å². The smallest absolute Gasteiger partial charge is 0.270 e. The van der Waals surface area contributed by atoms with Gasteiger partial charge in [-0.2, -0.15) is 0 Å². The molecule has 1 aromatic heterocycles. The minimum absolute atomic E-state index is 0.0705. The van der Waals surface area contributed by atoms with Gasteiger partial charge in [0.1, 0.15) is 0 Å². The standard InChI is InChI=1S/C16H16BrN3O4/c17-13-6-7-15(21)19(11-13)9-2-1-8-18-16(22)12-4-3-5-14(10-12)20(23)24/h3-7,10-11H,1-2,8-9H2,(H,18,22). The third-order valence-corrected chi connectivity index (χ3v) is 3.85. The maximum atomic E-state index is 12.0. The van der Waals surface area contributed by atoms with E-state index in [2.05, 4.69) is 21.2 Å². The van der Waals surface area contributed by atoms with Gasteiger partial charge in [0.05, 0.1) is 4.92 Å². The predicted octanol–water partition coefficient (Wildman–Crippen LogP) is 2.73. The van der Waals surface area contributed by atoms with E-state index in [9.17, 15) is 19.7 Å². The Kier molecular flexibility index (Phi) is 6.25. The number of unbranched alkanes of at least 4 members (excludes halogenated alkanes) is 1. The molecular weight excluding hydrogens is 378 g/mol. The molecule has 8 heteroatoms. The van der Waals surface area contributed by atoms with Crippen molar-refractivity contribution >= 4 is 27.5 Å². The molecule has 0 spiro atoms. The van der Waals surface area contributed by atoms with E-state index in [1.807, 2.05) is 0 Å². The molecule has 0 aliphatic heterocycles. The van der Waals surface area contributed by atoms with E-state index < -0.39 is 4.92 Å². The Morgan fingerprint density at radius 2 is 2.04 bits per heavy atom. The first-order valence-electron chi connectivity index (χ1n) is 7.36. The first kappa shape index (κ1) is 17.9. The van der Waals surface area contributed by atoms with Crippen LogP contribution >= 0.6 is 15.9 Å². The maximum absolute atomic E-state index is 12.0. The molecule has 0 fully saturated rings. The molecule has 126 valence electrons. The fourth-order valence-corrected chi connectivity index (χ4v) is 2.53. The summed E-state index contributed by atoms with van der Waals surface area (Å²) in [5, 5.41) is 13.4. The molecule has 2 rings (SSSR count). The van der Waals surface area contributed by atoms with E-state index >= 15 is 0 Å². The number of nitro groups is 1. The van der Waals surface area contributed by atoms with Crippen molar-refractivity contribution in [2.45, 2.75) is 19.4 Å². The van der Waals surface area contributed by atoms with Crippen LogP contribution in [0.5, 0.6) is 0 Å². The number of nitro benzene ring substituents is 1. The minimum atomic E-state index is -0.535. The predicted molar refractivity (Wildman–Crippen MR) is 93.1 cm³/mol. The van der Waals surface area contributed by atoms with Crippen molar-refractivity contribution in [3.8, 4) is 0 Å². The highest BCUT2D eigenvalue weighted by molar-refractivity contribution is 9.10.